The molecule has 0 bridgehead atoms. The number of sulfonamides is 1. The fraction of sp³-hybridized carbons (Fsp3) is 0.364. The summed E-state index contributed by atoms with van der Waals surface area (Å²) in [4.78, 5) is 21.0. The molecule has 1 aromatic rings. The van der Waals surface area contributed by atoms with E-state index < -0.39 is 14.9 Å². The molecule has 1 fully saturated rings. The molecule has 1 aliphatic rings. The van der Waals surface area contributed by atoms with E-state index in [9.17, 15) is 23.3 Å². The maximum atomic E-state index is 12.4. The third-order valence-electron chi connectivity index (χ3n) is 2.96. The Balaban J connectivity index is 2.45. The van der Waals surface area contributed by atoms with E-state index in [2.05, 4.69) is 0 Å². The lowest BCUT2D eigenvalue weighted by Crippen LogP contribution is -2.40. The zero-order valence-corrected chi connectivity index (χ0v) is 11.9. The Labute approximate surface area is 120 Å². The van der Waals surface area contributed by atoms with Gasteiger partial charge in [-0.1, -0.05) is 11.6 Å². The van der Waals surface area contributed by atoms with Crippen LogP contribution in [0.2, 0.25) is 5.02 Å². The SMILES string of the molecule is O=C1CCCN(S(=O)(=O)c2cc([N+](=O)[O-])ccc2Cl)C1. The summed E-state index contributed by atoms with van der Waals surface area (Å²) in [6.45, 7) is -0.0194. The zero-order chi connectivity index (χ0) is 14.9. The summed E-state index contributed by atoms with van der Waals surface area (Å²) >= 11 is 5.83. The molecular weight excluding hydrogens is 308 g/mol. The number of non-ortho nitro benzene ring substituents is 1. The Kier molecular flexibility index (Phi) is 4.07. The van der Waals surface area contributed by atoms with Crippen molar-refractivity contribution in [2.75, 3.05) is 13.1 Å². The highest BCUT2D eigenvalue weighted by atomic mass is 35.5. The summed E-state index contributed by atoms with van der Waals surface area (Å²) in [5.41, 5.74) is -0.365. The average molecular weight is 319 g/mol. The minimum absolute atomic E-state index is 0.103. The number of nitro groups is 1. The molecule has 1 aromatic carbocycles. The first kappa shape index (κ1) is 14.9. The summed E-state index contributed by atoms with van der Waals surface area (Å²) in [6, 6.07) is 3.21. The van der Waals surface area contributed by atoms with Crippen LogP contribution in [-0.4, -0.2) is 36.5 Å². The van der Waals surface area contributed by atoms with Crippen LogP contribution >= 0.6 is 11.6 Å². The third-order valence-corrected chi connectivity index (χ3v) is 5.29. The lowest BCUT2D eigenvalue weighted by atomic mass is 10.1. The van der Waals surface area contributed by atoms with Gasteiger partial charge in [-0.05, 0) is 12.5 Å². The number of carbonyl (C=O) groups excluding carboxylic acids is 1. The van der Waals surface area contributed by atoms with Gasteiger partial charge in [0.15, 0.2) is 0 Å². The molecule has 0 unspecified atom stereocenters. The van der Waals surface area contributed by atoms with Crippen molar-refractivity contribution in [3.05, 3.63) is 33.3 Å². The third kappa shape index (κ3) is 2.82. The predicted molar refractivity (Wildman–Crippen MR) is 71.1 cm³/mol. The lowest BCUT2D eigenvalue weighted by Gasteiger charge is -2.25. The van der Waals surface area contributed by atoms with E-state index in [1.807, 2.05) is 0 Å². The molecule has 108 valence electrons. The molecule has 0 N–H and O–H groups in total. The van der Waals surface area contributed by atoms with Crippen LogP contribution in [0.4, 0.5) is 5.69 Å². The van der Waals surface area contributed by atoms with E-state index in [4.69, 9.17) is 11.6 Å². The molecule has 0 spiro atoms. The number of carbonyl (C=O) groups is 1. The van der Waals surface area contributed by atoms with E-state index in [0.29, 0.717) is 12.8 Å². The molecule has 1 saturated heterocycles. The highest BCUT2D eigenvalue weighted by molar-refractivity contribution is 7.89. The van der Waals surface area contributed by atoms with Gasteiger partial charge < -0.3 is 0 Å². The molecule has 0 amide bonds. The van der Waals surface area contributed by atoms with Crippen LogP contribution < -0.4 is 0 Å². The van der Waals surface area contributed by atoms with Crippen molar-refractivity contribution >= 4 is 33.1 Å². The van der Waals surface area contributed by atoms with Crippen molar-refractivity contribution in [2.45, 2.75) is 17.7 Å². The smallest absolute Gasteiger partial charge is 0.270 e. The molecule has 1 aliphatic heterocycles. The average Bonchev–Trinajstić information content (AvgIpc) is 2.38. The van der Waals surface area contributed by atoms with Gasteiger partial charge in [-0.15, -0.1) is 0 Å². The van der Waals surface area contributed by atoms with Crippen molar-refractivity contribution in [3.63, 3.8) is 0 Å². The second-order valence-corrected chi connectivity index (χ2v) is 6.67. The Morgan fingerprint density at radius 2 is 2.05 bits per heavy atom. The van der Waals surface area contributed by atoms with Gasteiger partial charge in [0.25, 0.3) is 5.69 Å². The fourth-order valence-electron chi connectivity index (χ4n) is 1.95. The molecule has 0 aliphatic carbocycles. The Bertz CT molecular complexity index is 673. The summed E-state index contributed by atoms with van der Waals surface area (Å²) in [5.74, 6) is -0.179. The Morgan fingerprint density at radius 3 is 2.65 bits per heavy atom. The molecule has 0 aromatic heterocycles. The largest absolute Gasteiger partial charge is 0.298 e. The number of ketones is 1. The molecule has 1 heterocycles. The van der Waals surface area contributed by atoms with Gasteiger partial charge in [0.2, 0.25) is 10.0 Å². The second kappa shape index (κ2) is 5.47. The van der Waals surface area contributed by atoms with Crippen LogP contribution in [0.5, 0.6) is 0 Å². The zero-order valence-electron chi connectivity index (χ0n) is 10.3. The minimum Gasteiger partial charge on any atom is -0.298 e. The molecule has 9 heteroatoms. The maximum absolute atomic E-state index is 12.4. The van der Waals surface area contributed by atoms with Gasteiger partial charge in [-0.2, -0.15) is 4.31 Å². The summed E-state index contributed by atoms with van der Waals surface area (Å²) in [7, 11) is -4.01. The van der Waals surface area contributed by atoms with Crippen molar-refractivity contribution in [1.82, 2.24) is 4.31 Å². The topological polar surface area (TPSA) is 97.6 Å². The number of halogens is 1. The number of rotatable bonds is 3. The number of piperidine rings is 1. The van der Waals surface area contributed by atoms with Gasteiger partial charge in [0.05, 0.1) is 16.5 Å². The summed E-state index contributed by atoms with van der Waals surface area (Å²) < 4.78 is 25.8. The van der Waals surface area contributed by atoms with Crippen molar-refractivity contribution < 1.29 is 18.1 Å². The monoisotopic (exact) mass is 318 g/mol. The first-order chi connectivity index (χ1) is 9.32. The van der Waals surface area contributed by atoms with Crippen molar-refractivity contribution in [3.8, 4) is 0 Å². The van der Waals surface area contributed by atoms with E-state index in [1.54, 1.807) is 0 Å². The normalized spacial score (nSPS) is 17.1. The minimum atomic E-state index is -4.01. The first-order valence-corrected chi connectivity index (χ1v) is 7.60. The molecule has 0 radical (unpaired) electrons. The number of nitrogens with zero attached hydrogens (tertiary/aromatic N) is 2. The van der Waals surface area contributed by atoms with Gasteiger partial charge >= 0.3 is 0 Å². The van der Waals surface area contributed by atoms with Crippen LogP contribution in [-0.2, 0) is 14.8 Å². The standard InChI is InChI=1S/C11H11ClN2O5S/c12-10-4-3-8(14(16)17)6-11(10)20(18,19)13-5-1-2-9(15)7-13/h3-4,6H,1-2,5,7H2. The summed E-state index contributed by atoms with van der Waals surface area (Å²) in [5, 5.41) is 10.6. The van der Waals surface area contributed by atoms with E-state index in [-0.39, 0.29) is 34.5 Å². The number of benzene rings is 1. The number of nitro benzene ring substituents is 1. The van der Waals surface area contributed by atoms with Gasteiger partial charge in [-0.3, -0.25) is 14.9 Å². The number of Topliss-reactive ketones (excluding diaryl/α,β-unsaturated/α-hetero) is 1. The molecule has 2 rings (SSSR count). The molecule has 20 heavy (non-hydrogen) atoms. The number of hydrogen-bond acceptors (Lipinski definition) is 5. The molecule has 0 saturated carbocycles. The van der Waals surface area contributed by atoms with E-state index in [1.165, 1.54) is 6.07 Å². The highest BCUT2D eigenvalue weighted by Crippen LogP contribution is 2.29. The van der Waals surface area contributed by atoms with E-state index in [0.717, 1.165) is 16.4 Å². The van der Waals surface area contributed by atoms with Crippen LogP contribution in [0.3, 0.4) is 0 Å². The van der Waals surface area contributed by atoms with Gasteiger partial charge in [-0.25, -0.2) is 8.42 Å². The predicted octanol–water partition coefficient (Wildman–Crippen LogP) is 1.60. The van der Waals surface area contributed by atoms with E-state index >= 15 is 0 Å². The lowest BCUT2D eigenvalue weighted by molar-refractivity contribution is -0.385. The van der Waals surface area contributed by atoms with Crippen molar-refractivity contribution in [1.29, 1.82) is 0 Å². The molecule has 7 nitrogen and oxygen atoms in total. The van der Waals surface area contributed by atoms with Crippen LogP contribution in [0.25, 0.3) is 0 Å². The second-order valence-electron chi connectivity index (χ2n) is 4.35. The van der Waals surface area contributed by atoms with Crippen LogP contribution in [0, 0.1) is 10.1 Å². The Hall–Kier alpha value is -1.51. The number of hydrogen-bond donors (Lipinski definition) is 0. The Morgan fingerprint density at radius 1 is 1.35 bits per heavy atom. The quantitative estimate of drug-likeness (QED) is 0.623. The fourth-order valence-corrected chi connectivity index (χ4v) is 3.91. The van der Waals surface area contributed by atoms with Crippen molar-refractivity contribution in [2.24, 2.45) is 0 Å². The summed E-state index contributed by atoms with van der Waals surface area (Å²) in [6.07, 6.45) is 0.777. The van der Waals surface area contributed by atoms with Gasteiger partial charge in [0, 0.05) is 25.1 Å². The molecule has 0 atom stereocenters. The first-order valence-electron chi connectivity index (χ1n) is 5.78. The maximum Gasteiger partial charge on any atom is 0.270 e. The van der Waals surface area contributed by atoms with Gasteiger partial charge in [0.1, 0.15) is 10.7 Å². The van der Waals surface area contributed by atoms with Crippen LogP contribution in [0.1, 0.15) is 12.8 Å². The van der Waals surface area contributed by atoms with Crippen LogP contribution in [0.15, 0.2) is 23.1 Å². The molecular formula is C11H11ClN2O5S. The highest BCUT2D eigenvalue weighted by Gasteiger charge is 2.31.